The highest BCUT2D eigenvalue weighted by Crippen LogP contribution is 2.26. The average Bonchev–Trinajstić information content (AvgIpc) is 2.40. The molecule has 0 saturated carbocycles. The van der Waals surface area contributed by atoms with Crippen LogP contribution in [0.15, 0.2) is 18.2 Å². The van der Waals surface area contributed by atoms with Crippen LogP contribution in [-0.4, -0.2) is 38.5 Å². The first-order valence-corrected chi connectivity index (χ1v) is 8.72. The molecule has 1 N–H and O–H groups in total. The van der Waals surface area contributed by atoms with Gasteiger partial charge in [-0.1, -0.05) is 6.92 Å². The maximum absolute atomic E-state index is 11.0. The van der Waals surface area contributed by atoms with E-state index in [0.717, 1.165) is 6.42 Å². The molecule has 1 rings (SSSR count). The zero-order chi connectivity index (χ0) is 15.9. The number of anilines is 1. The van der Waals surface area contributed by atoms with Crippen LogP contribution in [0.5, 0.6) is 5.75 Å². The molecule has 118 valence electrons. The van der Waals surface area contributed by atoms with E-state index in [1.54, 1.807) is 6.07 Å². The first kappa shape index (κ1) is 17.2. The van der Waals surface area contributed by atoms with Crippen LogP contribution in [-0.2, 0) is 9.84 Å². The number of nitrogens with zero attached hydrogens (tertiary/aromatic N) is 1. The van der Waals surface area contributed by atoms with Crippen molar-refractivity contribution in [3.63, 3.8) is 0 Å². The van der Waals surface area contributed by atoms with Crippen molar-refractivity contribution in [3.05, 3.63) is 28.3 Å². The fraction of sp³-hybridized carbons (Fsp3) is 0.538. The lowest BCUT2D eigenvalue weighted by Crippen LogP contribution is -2.10. The molecule has 0 atom stereocenters. The fourth-order valence-corrected chi connectivity index (χ4v) is 2.33. The number of benzene rings is 1. The number of hydrogen-bond donors (Lipinski definition) is 1. The van der Waals surface area contributed by atoms with E-state index in [0.29, 0.717) is 31.0 Å². The minimum absolute atomic E-state index is 0.0609. The Balaban J connectivity index is 2.71. The third kappa shape index (κ3) is 6.94. The molecule has 1 aromatic rings. The van der Waals surface area contributed by atoms with Crippen molar-refractivity contribution in [3.8, 4) is 5.75 Å². The molecule has 0 spiro atoms. The molecule has 0 amide bonds. The van der Waals surface area contributed by atoms with Crippen LogP contribution in [0.2, 0.25) is 0 Å². The normalized spacial score (nSPS) is 11.1. The van der Waals surface area contributed by atoms with Gasteiger partial charge in [-0.2, -0.15) is 0 Å². The Morgan fingerprint density at radius 1 is 1.33 bits per heavy atom. The number of nitro benzene ring substituents is 1. The Labute approximate surface area is 124 Å². The van der Waals surface area contributed by atoms with E-state index >= 15 is 0 Å². The summed E-state index contributed by atoms with van der Waals surface area (Å²) < 4.78 is 27.4. The molecular formula is C13H20N2O5S. The average molecular weight is 316 g/mol. The molecule has 0 saturated heterocycles. The standard InChI is InChI=1S/C13H20N2O5S/c1-3-6-20-13-9-11(8-12(10-13)15(16)17)14-5-4-7-21(2,18)19/h8-10,14H,3-7H2,1-2H3. The van der Waals surface area contributed by atoms with Gasteiger partial charge in [0.05, 0.1) is 23.3 Å². The van der Waals surface area contributed by atoms with Gasteiger partial charge in [-0.05, 0) is 12.8 Å². The zero-order valence-electron chi connectivity index (χ0n) is 12.2. The molecule has 0 aliphatic heterocycles. The lowest BCUT2D eigenvalue weighted by Gasteiger charge is -2.09. The van der Waals surface area contributed by atoms with Crippen molar-refractivity contribution in [2.24, 2.45) is 0 Å². The quantitative estimate of drug-likeness (QED) is 0.426. The lowest BCUT2D eigenvalue weighted by molar-refractivity contribution is -0.384. The first-order chi connectivity index (χ1) is 9.81. The van der Waals surface area contributed by atoms with Crippen molar-refractivity contribution < 1.29 is 18.1 Å². The van der Waals surface area contributed by atoms with Gasteiger partial charge in [-0.3, -0.25) is 10.1 Å². The van der Waals surface area contributed by atoms with Crippen molar-refractivity contribution in [2.75, 3.05) is 30.5 Å². The van der Waals surface area contributed by atoms with Crippen LogP contribution in [0.3, 0.4) is 0 Å². The molecule has 0 radical (unpaired) electrons. The largest absolute Gasteiger partial charge is 0.493 e. The fourth-order valence-electron chi connectivity index (χ4n) is 1.66. The van der Waals surface area contributed by atoms with E-state index in [4.69, 9.17) is 4.74 Å². The minimum atomic E-state index is -2.99. The third-order valence-electron chi connectivity index (χ3n) is 2.60. The maximum atomic E-state index is 11.0. The number of hydrogen-bond acceptors (Lipinski definition) is 6. The van der Waals surface area contributed by atoms with Gasteiger partial charge in [0, 0.05) is 30.6 Å². The summed E-state index contributed by atoms with van der Waals surface area (Å²) in [5.41, 5.74) is 0.484. The van der Waals surface area contributed by atoms with Crippen molar-refractivity contribution >= 4 is 21.2 Å². The van der Waals surface area contributed by atoms with E-state index in [1.165, 1.54) is 18.4 Å². The predicted octanol–water partition coefficient (Wildman–Crippen LogP) is 2.23. The molecule has 0 unspecified atom stereocenters. The van der Waals surface area contributed by atoms with E-state index < -0.39 is 14.8 Å². The molecule has 0 fully saturated rings. The number of nitro groups is 1. The summed E-state index contributed by atoms with van der Waals surface area (Å²) in [4.78, 5) is 10.4. The van der Waals surface area contributed by atoms with Gasteiger partial charge in [-0.15, -0.1) is 0 Å². The van der Waals surface area contributed by atoms with Crippen LogP contribution < -0.4 is 10.1 Å². The number of nitrogens with one attached hydrogen (secondary N) is 1. The van der Waals surface area contributed by atoms with Gasteiger partial charge in [0.2, 0.25) is 0 Å². The molecule has 0 heterocycles. The molecule has 0 aromatic heterocycles. The Hall–Kier alpha value is -1.83. The molecule has 7 nitrogen and oxygen atoms in total. The van der Waals surface area contributed by atoms with Crippen LogP contribution in [0.1, 0.15) is 19.8 Å². The van der Waals surface area contributed by atoms with Gasteiger partial charge < -0.3 is 10.1 Å². The van der Waals surface area contributed by atoms with Crippen molar-refractivity contribution in [2.45, 2.75) is 19.8 Å². The Bertz CT molecular complexity index is 586. The monoisotopic (exact) mass is 316 g/mol. The summed E-state index contributed by atoms with van der Waals surface area (Å²) in [7, 11) is -2.99. The summed E-state index contributed by atoms with van der Waals surface area (Å²) in [6.07, 6.45) is 2.42. The molecule has 21 heavy (non-hydrogen) atoms. The molecule has 1 aromatic carbocycles. The second-order valence-electron chi connectivity index (χ2n) is 4.73. The molecule has 8 heteroatoms. The highest BCUT2D eigenvalue weighted by molar-refractivity contribution is 7.90. The molecule has 0 aliphatic carbocycles. The Kier molecular flexibility index (Phi) is 6.41. The number of ether oxygens (including phenoxy) is 1. The topological polar surface area (TPSA) is 98.5 Å². The molecular weight excluding hydrogens is 296 g/mol. The predicted molar refractivity (Wildman–Crippen MR) is 81.7 cm³/mol. The van der Waals surface area contributed by atoms with Gasteiger partial charge in [0.1, 0.15) is 15.6 Å². The second kappa shape index (κ2) is 7.82. The van der Waals surface area contributed by atoms with Crippen LogP contribution in [0.4, 0.5) is 11.4 Å². The second-order valence-corrected chi connectivity index (χ2v) is 6.99. The van der Waals surface area contributed by atoms with Gasteiger partial charge in [-0.25, -0.2) is 8.42 Å². The van der Waals surface area contributed by atoms with E-state index in [9.17, 15) is 18.5 Å². The summed E-state index contributed by atoms with van der Waals surface area (Å²) in [5.74, 6) is 0.505. The summed E-state index contributed by atoms with van der Waals surface area (Å²) in [6, 6.07) is 4.44. The molecule has 0 aliphatic rings. The van der Waals surface area contributed by atoms with E-state index in [-0.39, 0.29) is 11.4 Å². The van der Waals surface area contributed by atoms with E-state index in [1.807, 2.05) is 6.92 Å². The van der Waals surface area contributed by atoms with Gasteiger partial charge in [0.15, 0.2) is 0 Å². The van der Waals surface area contributed by atoms with Crippen LogP contribution in [0.25, 0.3) is 0 Å². The summed E-state index contributed by atoms with van der Waals surface area (Å²) >= 11 is 0. The highest BCUT2D eigenvalue weighted by Gasteiger charge is 2.10. The lowest BCUT2D eigenvalue weighted by atomic mass is 10.2. The maximum Gasteiger partial charge on any atom is 0.275 e. The van der Waals surface area contributed by atoms with Crippen LogP contribution in [0, 0.1) is 10.1 Å². The Morgan fingerprint density at radius 3 is 2.62 bits per heavy atom. The van der Waals surface area contributed by atoms with Crippen molar-refractivity contribution in [1.29, 1.82) is 0 Å². The van der Waals surface area contributed by atoms with Gasteiger partial charge in [0.25, 0.3) is 5.69 Å². The number of sulfone groups is 1. The minimum Gasteiger partial charge on any atom is -0.493 e. The Morgan fingerprint density at radius 2 is 2.05 bits per heavy atom. The van der Waals surface area contributed by atoms with Crippen molar-refractivity contribution in [1.82, 2.24) is 0 Å². The first-order valence-electron chi connectivity index (χ1n) is 6.65. The number of non-ortho nitro benzene ring substituents is 1. The highest BCUT2D eigenvalue weighted by atomic mass is 32.2. The summed E-state index contributed by atoms with van der Waals surface area (Å²) in [5, 5.41) is 13.9. The molecule has 0 bridgehead atoms. The van der Waals surface area contributed by atoms with Gasteiger partial charge >= 0.3 is 0 Å². The van der Waals surface area contributed by atoms with E-state index in [2.05, 4.69) is 5.32 Å². The number of rotatable bonds is 9. The zero-order valence-corrected chi connectivity index (χ0v) is 13.0. The summed E-state index contributed by atoms with van der Waals surface area (Å²) in [6.45, 7) is 2.85. The SMILES string of the molecule is CCCOc1cc(NCCCS(C)(=O)=O)cc([N+](=O)[O-])c1. The smallest absolute Gasteiger partial charge is 0.275 e. The van der Waals surface area contributed by atoms with Crippen LogP contribution >= 0.6 is 0 Å². The third-order valence-corrected chi connectivity index (χ3v) is 3.63.